The van der Waals surface area contributed by atoms with Gasteiger partial charge in [0.1, 0.15) is 15.2 Å². The van der Waals surface area contributed by atoms with Gasteiger partial charge < -0.3 is 9.64 Å². The maximum atomic E-state index is 14.3. The summed E-state index contributed by atoms with van der Waals surface area (Å²) in [4.78, 5) is 10.9. The Hall–Kier alpha value is -1.81. The third-order valence-electron chi connectivity index (χ3n) is 3.96. The van der Waals surface area contributed by atoms with Crippen molar-refractivity contribution in [2.24, 2.45) is 0 Å². The molecule has 0 radical (unpaired) electrons. The molecule has 3 heterocycles. The van der Waals surface area contributed by atoms with Crippen molar-refractivity contribution >= 4 is 34.1 Å². The van der Waals surface area contributed by atoms with Gasteiger partial charge in [0.05, 0.1) is 19.4 Å². The quantitative estimate of drug-likeness (QED) is 0.573. The van der Waals surface area contributed by atoms with Gasteiger partial charge in [0.2, 0.25) is 5.95 Å². The second-order valence-electron chi connectivity index (χ2n) is 5.42. The molecule has 1 saturated heterocycles. The van der Waals surface area contributed by atoms with Crippen LogP contribution in [0.25, 0.3) is 16.9 Å². The van der Waals surface area contributed by atoms with Crippen LogP contribution in [-0.4, -0.2) is 40.7 Å². The molecule has 5 nitrogen and oxygen atoms in total. The molecule has 0 amide bonds. The van der Waals surface area contributed by atoms with Crippen LogP contribution in [0.2, 0.25) is 0 Å². The molecule has 1 fully saturated rings. The number of aromatic nitrogens is 3. The smallest absolute Gasteiger partial charge is 0.218 e. The standard InChI is InChI=1S/C16H13F2IN4O/c17-11-3-1-10(2-4-11)13-14(19)23-12(18)9-20-15(16(23)21-13)22-5-7-24-8-6-22/h1-4,9H,5-8H2. The van der Waals surface area contributed by atoms with Crippen LogP contribution in [0, 0.1) is 15.5 Å². The van der Waals surface area contributed by atoms with Gasteiger partial charge in [0, 0.05) is 18.7 Å². The number of hydrogen-bond acceptors (Lipinski definition) is 4. The van der Waals surface area contributed by atoms with Crippen LogP contribution in [0.3, 0.4) is 0 Å². The van der Waals surface area contributed by atoms with Crippen LogP contribution in [0.4, 0.5) is 14.6 Å². The summed E-state index contributed by atoms with van der Waals surface area (Å²) in [6.45, 7) is 2.58. The summed E-state index contributed by atoms with van der Waals surface area (Å²) >= 11 is 2.05. The molecule has 2 aromatic heterocycles. The number of rotatable bonds is 2. The predicted octanol–water partition coefficient (Wildman–Crippen LogP) is 3.12. The molecule has 0 bridgehead atoms. The Morgan fingerprint density at radius 2 is 1.79 bits per heavy atom. The van der Waals surface area contributed by atoms with E-state index in [1.807, 2.05) is 4.90 Å². The molecule has 0 N–H and O–H groups in total. The van der Waals surface area contributed by atoms with Crippen molar-refractivity contribution < 1.29 is 13.5 Å². The predicted molar refractivity (Wildman–Crippen MR) is 94.1 cm³/mol. The number of hydrogen-bond donors (Lipinski definition) is 0. The van der Waals surface area contributed by atoms with E-state index in [1.54, 1.807) is 12.1 Å². The Morgan fingerprint density at radius 3 is 2.50 bits per heavy atom. The van der Waals surface area contributed by atoms with Crippen LogP contribution < -0.4 is 4.90 Å². The van der Waals surface area contributed by atoms with Crippen LogP contribution >= 0.6 is 22.6 Å². The van der Waals surface area contributed by atoms with E-state index in [0.29, 0.717) is 47.2 Å². The highest BCUT2D eigenvalue weighted by Crippen LogP contribution is 2.30. The van der Waals surface area contributed by atoms with E-state index in [1.165, 1.54) is 22.7 Å². The highest BCUT2D eigenvalue weighted by atomic mass is 127. The molecule has 3 aromatic rings. The van der Waals surface area contributed by atoms with Gasteiger partial charge in [-0.15, -0.1) is 0 Å². The van der Waals surface area contributed by atoms with Gasteiger partial charge in [-0.3, -0.25) is 4.40 Å². The fourth-order valence-corrected chi connectivity index (χ4v) is 3.66. The Kier molecular flexibility index (Phi) is 4.09. The zero-order chi connectivity index (χ0) is 16.7. The maximum Gasteiger partial charge on any atom is 0.218 e. The lowest BCUT2D eigenvalue weighted by molar-refractivity contribution is 0.122. The largest absolute Gasteiger partial charge is 0.378 e. The highest BCUT2D eigenvalue weighted by Gasteiger charge is 2.22. The van der Waals surface area contributed by atoms with Crippen LogP contribution in [-0.2, 0) is 4.74 Å². The summed E-state index contributed by atoms with van der Waals surface area (Å²) in [5.41, 5.74) is 1.80. The monoisotopic (exact) mass is 442 g/mol. The molecule has 1 aromatic carbocycles. The lowest BCUT2D eigenvalue weighted by Crippen LogP contribution is -2.37. The molecule has 1 aliphatic rings. The summed E-state index contributed by atoms with van der Waals surface area (Å²) in [7, 11) is 0. The van der Waals surface area contributed by atoms with Gasteiger partial charge in [0.25, 0.3) is 0 Å². The first kappa shape index (κ1) is 15.7. The van der Waals surface area contributed by atoms with Crippen molar-refractivity contribution in [2.75, 3.05) is 31.2 Å². The van der Waals surface area contributed by atoms with Crippen LogP contribution in [0.15, 0.2) is 30.5 Å². The number of imidazole rings is 1. The number of halogens is 3. The minimum absolute atomic E-state index is 0.320. The minimum atomic E-state index is -0.479. The molecule has 124 valence electrons. The van der Waals surface area contributed by atoms with Crippen molar-refractivity contribution in [2.45, 2.75) is 0 Å². The molecule has 8 heteroatoms. The number of benzene rings is 1. The maximum absolute atomic E-state index is 14.3. The third-order valence-corrected chi connectivity index (χ3v) is 4.95. The van der Waals surface area contributed by atoms with Crippen molar-refractivity contribution in [3.63, 3.8) is 0 Å². The van der Waals surface area contributed by atoms with Crippen LogP contribution in [0.5, 0.6) is 0 Å². The molecule has 0 unspecified atom stereocenters. The topological polar surface area (TPSA) is 42.7 Å². The number of anilines is 1. The fraction of sp³-hybridized carbons (Fsp3) is 0.250. The first-order chi connectivity index (χ1) is 11.6. The van der Waals surface area contributed by atoms with E-state index in [0.717, 1.165) is 5.56 Å². The van der Waals surface area contributed by atoms with Gasteiger partial charge >= 0.3 is 0 Å². The molecule has 4 rings (SSSR count). The Bertz CT molecular complexity index is 891. The van der Waals surface area contributed by atoms with Gasteiger partial charge in [-0.25, -0.2) is 14.4 Å². The molecule has 24 heavy (non-hydrogen) atoms. The van der Waals surface area contributed by atoms with Gasteiger partial charge in [-0.1, -0.05) is 0 Å². The SMILES string of the molecule is Fc1ccc(-c2nc3c(N4CCOCC4)ncc(F)n3c2I)cc1. The fourth-order valence-electron chi connectivity index (χ4n) is 2.77. The van der Waals surface area contributed by atoms with E-state index < -0.39 is 5.95 Å². The summed E-state index contributed by atoms with van der Waals surface area (Å²) in [6, 6.07) is 6.01. The molecule has 1 aliphatic heterocycles. The molecule has 0 atom stereocenters. The molecular formula is C16H13F2IN4O. The summed E-state index contributed by atoms with van der Waals surface area (Å²) < 4.78 is 34.9. The number of fused-ring (bicyclic) bond motifs is 1. The molecule has 0 aliphatic carbocycles. The summed E-state index contributed by atoms with van der Waals surface area (Å²) in [5.74, 6) is -0.169. The van der Waals surface area contributed by atoms with E-state index in [9.17, 15) is 8.78 Å². The first-order valence-electron chi connectivity index (χ1n) is 7.46. The Balaban J connectivity index is 1.89. The second-order valence-corrected chi connectivity index (χ2v) is 6.44. The lowest BCUT2D eigenvalue weighted by Gasteiger charge is -2.27. The molecule has 0 saturated carbocycles. The zero-order valence-corrected chi connectivity index (χ0v) is 14.7. The average Bonchev–Trinajstić information content (AvgIpc) is 2.95. The van der Waals surface area contributed by atoms with E-state index in [4.69, 9.17) is 4.74 Å². The van der Waals surface area contributed by atoms with Gasteiger partial charge in [0.15, 0.2) is 11.5 Å². The Labute approximate surface area is 150 Å². The summed E-state index contributed by atoms with van der Waals surface area (Å²) in [5, 5.41) is 0. The Morgan fingerprint density at radius 1 is 1.08 bits per heavy atom. The summed E-state index contributed by atoms with van der Waals surface area (Å²) in [6.07, 6.45) is 1.20. The second kappa shape index (κ2) is 6.25. The normalized spacial score (nSPS) is 15.2. The molecule has 0 spiro atoms. The van der Waals surface area contributed by atoms with Crippen molar-refractivity contribution in [3.05, 3.63) is 45.9 Å². The average molecular weight is 442 g/mol. The number of morpholine rings is 1. The van der Waals surface area contributed by atoms with E-state index in [-0.39, 0.29) is 5.82 Å². The van der Waals surface area contributed by atoms with Gasteiger partial charge in [-0.05, 0) is 46.9 Å². The minimum Gasteiger partial charge on any atom is -0.378 e. The number of ether oxygens (including phenoxy) is 1. The van der Waals surface area contributed by atoms with E-state index >= 15 is 0 Å². The lowest BCUT2D eigenvalue weighted by atomic mass is 10.2. The van der Waals surface area contributed by atoms with Crippen molar-refractivity contribution in [3.8, 4) is 11.3 Å². The third kappa shape index (κ3) is 2.63. The molecular weight excluding hydrogens is 429 g/mol. The van der Waals surface area contributed by atoms with Gasteiger partial charge in [-0.2, -0.15) is 4.39 Å². The number of nitrogens with zero attached hydrogens (tertiary/aromatic N) is 4. The highest BCUT2D eigenvalue weighted by molar-refractivity contribution is 14.1. The van der Waals surface area contributed by atoms with E-state index in [2.05, 4.69) is 32.6 Å². The van der Waals surface area contributed by atoms with Crippen molar-refractivity contribution in [1.29, 1.82) is 0 Å². The van der Waals surface area contributed by atoms with Crippen molar-refractivity contribution in [1.82, 2.24) is 14.4 Å². The van der Waals surface area contributed by atoms with Crippen LogP contribution in [0.1, 0.15) is 0 Å². The zero-order valence-electron chi connectivity index (χ0n) is 12.5. The first-order valence-corrected chi connectivity index (χ1v) is 8.54.